The Hall–Kier alpha value is -1.42. The highest BCUT2D eigenvalue weighted by Gasteiger charge is 2.09. The van der Waals surface area contributed by atoms with E-state index >= 15 is 0 Å². The molecule has 1 aromatic carbocycles. The molecule has 0 bridgehead atoms. The van der Waals surface area contributed by atoms with Crippen molar-refractivity contribution in [3.8, 4) is 0 Å². The summed E-state index contributed by atoms with van der Waals surface area (Å²) in [4.78, 5) is 10.6. The topological polar surface area (TPSA) is 55.1 Å². The number of halogens is 1. The van der Waals surface area contributed by atoms with Crippen molar-refractivity contribution in [2.45, 2.75) is 19.4 Å². The standard InChI is InChI=1S/C11H15FN2O/c1-2-10(14-7-11(13)15)8-3-5-9(12)6-4-8/h3-6,10,14H,2,7H2,1H3,(H2,13,15). The maximum atomic E-state index is 12.7. The van der Waals surface area contributed by atoms with Crippen molar-refractivity contribution >= 4 is 5.91 Å². The summed E-state index contributed by atoms with van der Waals surface area (Å²) < 4.78 is 12.7. The normalized spacial score (nSPS) is 12.4. The molecule has 0 aliphatic carbocycles. The molecule has 0 aliphatic rings. The molecule has 4 heteroatoms. The molecule has 1 rings (SSSR count). The summed E-state index contributed by atoms with van der Waals surface area (Å²) in [5.41, 5.74) is 5.99. The zero-order valence-electron chi connectivity index (χ0n) is 8.66. The Labute approximate surface area is 88.5 Å². The van der Waals surface area contributed by atoms with Gasteiger partial charge in [-0.1, -0.05) is 19.1 Å². The van der Waals surface area contributed by atoms with E-state index in [1.807, 2.05) is 6.92 Å². The molecule has 0 saturated carbocycles. The van der Waals surface area contributed by atoms with Gasteiger partial charge in [0.05, 0.1) is 6.54 Å². The summed E-state index contributed by atoms with van der Waals surface area (Å²) in [7, 11) is 0. The highest BCUT2D eigenvalue weighted by molar-refractivity contribution is 5.75. The van der Waals surface area contributed by atoms with E-state index in [1.54, 1.807) is 12.1 Å². The summed E-state index contributed by atoms with van der Waals surface area (Å²) in [6.45, 7) is 2.12. The van der Waals surface area contributed by atoms with Crippen LogP contribution in [0.2, 0.25) is 0 Å². The van der Waals surface area contributed by atoms with Crippen LogP contribution in [0.25, 0.3) is 0 Å². The first-order valence-corrected chi connectivity index (χ1v) is 4.90. The van der Waals surface area contributed by atoms with E-state index in [9.17, 15) is 9.18 Å². The molecule has 82 valence electrons. The SMILES string of the molecule is CCC(NCC(N)=O)c1ccc(F)cc1. The maximum absolute atomic E-state index is 12.7. The third kappa shape index (κ3) is 3.67. The van der Waals surface area contributed by atoms with E-state index in [2.05, 4.69) is 5.32 Å². The first-order chi connectivity index (χ1) is 7.13. The number of rotatable bonds is 5. The van der Waals surface area contributed by atoms with Crippen molar-refractivity contribution in [2.75, 3.05) is 6.54 Å². The molecule has 0 saturated heterocycles. The number of carbonyl (C=O) groups excluding carboxylic acids is 1. The lowest BCUT2D eigenvalue weighted by Crippen LogP contribution is -2.31. The second kappa shape index (κ2) is 5.46. The molecule has 1 aromatic rings. The van der Waals surface area contributed by atoms with Gasteiger partial charge in [-0.2, -0.15) is 0 Å². The first-order valence-electron chi connectivity index (χ1n) is 4.90. The van der Waals surface area contributed by atoms with E-state index < -0.39 is 5.91 Å². The van der Waals surface area contributed by atoms with Crippen LogP contribution in [0, 0.1) is 5.82 Å². The molecule has 0 spiro atoms. The molecule has 1 unspecified atom stereocenters. The van der Waals surface area contributed by atoms with Gasteiger partial charge in [-0.3, -0.25) is 4.79 Å². The van der Waals surface area contributed by atoms with Gasteiger partial charge in [0, 0.05) is 6.04 Å². The summed E-state index contributed by atoms with van der Waals surface area (Å²) >= 11 is 0. The number of amides is 1. The van der Waals surface area contributed by atoms with Crippen LogP contribution >= 0.6 is 0 Å². The molecule has 1 amide bonds. The van der Waals surface area contributed by atoms with Crippen LogP contribution in [0.4, 0.5) is 4.39 Å². The largest absolute Gasteiger partial charge is 0.369 e. The lowest BCUT2D eigenvalue weighted by Gasteiger charge is -2.16. The molecule has 15 heavy (non-hydrogen) atoms. The molecule has 1 atom stereocenters. The number of hydrogen-bond acceptors (Lipinski definition) is 2. The molecule has 3 nitrogen and oxygen atoms in total. The summed E-state index contributed by atoms with van der Waals surface area (Å²) in [5.74, 6) is -0.654. The van der Waals surface area contributed by atoms with Gasteiger partial charge in [0.2, 0.25) is 5.91 Å². The van der Waals surface area contributed by atoms with Crippen molar-refractivity contribution in [3.05, 3.63) is 35.6 Å². The Kier molecular flexibility index (Phi) is 4.24. The van der Waals surface area contributed by atoms with Gasteiger partial charge in [0.25, 0.3) is 0 Å². The van der Waals surface area contributed by atoms with E-state index in [4.69, 9.17) is 5.73 Å². The molecule has 0 aromatic heterocycles. The molecule has 0 radical (unpaired) electrons. The minimum absolute atomic E-state index is 0.0399. The third-order valence-electron chi connectivity index (χ3n) is 2.20. The van der Waals surface area contributed by atoms with E-state index in [1.165, 1.54) is 12.1 Å². The van der Waals surface area contributed by atoms with Gasteiger partial charge in [-0.05, 0) is 24.1 Å². The number of hydrogen-bond donors (Lipinski definition) is 2. The molecular formula is C11H15FN2O. The molecule has 0 aliphatic heterocycles. The third-order valence-corrected chi connectivity index (χ3v) is 2.20. The van der Waals surface area contributed by atoms with Crippen molar-refractivity contribution in [2.24, 2.45) is 5.73 Å². The van der Waals surface area contributed by atoms with Gasteiger partial charge in [-0.15, -0.1) is 0 Å². The minimum Gasteiger partial charge on any atom is -0.369 e. The quantitative estimate of drug-likeness (QED) is 0.770. The monoisotopic (exact) mass is 210 g/mol. The van der Waals surface area contributed by atoms with Gasteiger partial charge < -0.3 is 11.1 Å². The van der Waals surface area contributed by atoms with E-state index in [0.717, 1.165) is 12.0 Å². The fraction of sp³-hybridized carbons (Fsp3) is 0.364. The van der Waals surface area contributed by atoms with Crippen LogP contribution in [-0.2, 0) is 4.79 Å². The minimum atomic E-state index is -0.393. The molecule has 0 heterocycles. The second-order valence-corrected chi connectivity index (χ2v) is 3.36. The van der Waals surface area contributed by atoms with Gasteiger partial charge >= 0.3 is 0 Å². The Balaban J connectivity index is 2.65. The Morgan fingerprint density at radius 3 is 2.53 bits per heavy atom. The zero-order chi connectivity index (χ0) is 11.3. The maximum Gasteiger partial charge on any atom is 0.231 e. The van der Waals surface area contributed by atoms with E-state index in [-0.39, 0.29) is 18.4 Å². The van der Waals surface area contributed by atoms with Crippen molar-refractivity contribution < 1.29 is 9.18 Å². The summed E-state index contributed by atoms with van der Waals surface area (Å²) in [5, 5.41) is 3.01. The summed E-state index contributed by atoms with van der Waals surface area (Å²) in [6, 6.07) is 6.26. The molecular weight excluding hydrogens is 195 g/mol. The van der Waals surface area contributed by atoms with Crippen LogP contribution in [0.3, 0.4) is 0 Å². The lowest BCUT2D eigenvalue weighted by atomic mass is 10.0. The van der Waals surface area contributed by atoms with Crippen LogP contribution in [0.15, 0.2) is 24.3 Å². The smallest absolute Gasteiger partial charge is 0.231 e. The highest BCUT2D eigenvalue weighted by Crippen LogP contribution is 2.16. The van der Waals surface area contributed by atoms with Crippen LogP contribution in [0.5, 0.6) is 0 Å². The van der Waals surface area contributed by atoms with Gasteiger partial charge in [0.1, 0.15) is 5.82 Å². The van der Waals surface area contributed by atoms with Crippen molar-refractivity contribution in [1.29, 1.82) is 0 Å². The fourth-order valence-electron chi connectivity index (χ4n) is 1.42. The van der Waals surface area contributed by atoms with Crippen LogP contribution in [0.1, 0.15) is 24.9 Å². The highest BCUT2D eigenvalue weighted by atomic mass is 19.1. The average molecular weight is 210 g/mol. The Morgan fingerprint density at radius 2 is 2.07 bits per heavy atom. The number of nitrogens with two attached hydrogens (primary N) is 1. The number of primary amides is 1. The van der Waals surface area contributed by atoms with Gasteiger partial charge in [0.15, 0.2) is 0 Å². The molecule has 3 N–H and O–H groups in total. The fourth-order valence-corrected chi connectivity index (χ4v) is 1.42. The second-order valence-electron chi connectivity index (χ2n) is 3.36. The predicted molar refractivity (Wildman–Crippen MR) is 56.6 cm³/mol. The van der Waals surface area contributed by atoms with Crippen molar-refractivity contribution in [3.63, 3.8) is 0 Å². The number of carbonyl (C=O) groups is 1. The number of benzene rings is 1. The Bertz CT molecular complexity index is 324. The lowest BCUT2D eigenvalue weighted by molar-refractivity contribution is -0.117. The average Bonchev–Trinajstić information content (AvgIpc) is 2.21. The predicted octanol–water partition coefficient (Wildman–Crippen LogP) is 1.35. The zero-order valence-corrected chi connectivity index (χ0v) is 8.66. The molecule has 0 fully saturated rings. The van der Waals surface area contributed by atoms with Crippen LogP contribution < -0.4 is 11.1 Å². The Morgan fingerprint density at radius 1 is 1.47 bits per heavy atom. The van der Waals surface area contributed by atoms with E-state index in [0.29, 0.717) is 0 Å². The van der Waals surface area contributed by atoms with Gasteiger partial charge in [-0.25, -0.2) is 4.39 Å². The van der Waals surface area contributed by atoms with Crippen molar-refractivity contribution in [1.82, 2.24) is 5.32 Å². The van der Waals surface area contributed by atoms with Crippen LogP contribution in [-0.4, -0.2) is 12.5 Å². The number of nitrogens with one attached hydrogen (secondary N) is 1. The summed E-state index contributed by atoms with van der Waals surface area (Å²) in [6.07, 6.45) is 0.818. The first kappa shape index (κ1) is 11.7.